The van der Waals surface area contributed by atoms with Crippen LogP contribution in [0.5, 0.6) is 0 Å². The molecule has 0 saturated carbocycles. The zero-order valence-corrected chi connectivity index (χ0v) is 14.0. The summed E-state index contributed by atoms with van der Waals surface area (Å²) in [7, 11) is 0. The van der Waals surface area contributed by atoms with Crippen molar-refractivity contribution in [1.29, 1.82) is 0 Å². The van der Waals surface area contributed by atoms with Crippen LogP contribution in [0.4, 0.5) is 4.39 Å². The van der Waals surface area contributed by atoms with Gasteiger partial charge in [0.25, 0.3) is 0 Å². The first-order valence-corrected chi connectivity index (χ1v) is 7.74. The van der Waals surface area contributed by atoms with Gasteiger partial charge < -0.3 is 5.32 Å². The van der Waals surface area contributed by atoms with Crippen LogP contribution < -0.4 is 5.32 Å². The molecule has 0 aromatic heterocycles. The van der Waals surface area contributed by atoms with E-state index >= 15 is 0 Å². The molecule has 0 amide bonds. The topological polar surface area (TPSA) is 12.0 Å². The summed E-state index contributed by atoms with van der Waals surface area (Å²) in [5, 5.41) is 3.99. The first kappa shape index (κ1) is 17.5. The number of nitrogens with one attached hydrogen (secondary N) is 1. The molecule has 114 valence electrons. The standard InChI is InChI=1S/C17H27ClFN/c1-12(2)8-13(11-20-17(3,4)5)9-14-6-7-15(18)10-16(14)19/h6-7,10,12-13,20H,8-9,11H2,1-5H3. The molecule has 0 aliphatic heterocycles. The third-order valence-electron chi connectivity index (χ3n) is 3.25. The highest BCUT2D eigenvalue weighted by Gasteiger charge is 2.17. The van der Waals surface area contributed by atoms with Crippen molar-refractivity contribution in [2.75, 3.05) is 6.54 Å². The van der Waals surface area contributed by atoms with Crippen LogP contribution in [-0.2, 0) is 6.42 Å². The van der Waals surface area contributed by atoms with Crippen LogP contribution in [0.1, 0.15) is 46.6 Å². The van der Waals surface area contributed by atoms with Gasteiger partial charge in [-0.3, -0.25) is 0 Å². The van der Waals surface area contributed by atoms with E-state index in [9.17, 15) is 4.39 Å². The molecule has 0 radical (unpaired) electrons. The number of benzene rings is 1. The van der Waals surface area contributed by atoms with Crippen LogP contribution in [0.2, 0.25) is 5.02 Å². The largest absolute Gasteiger partial charge is 0.312 e. The molecule has 0 bridgehead atoms. The molecule has 0 fully saturated rings. The molecule has 0 heterocycles. The average molecular weight is 300 g/mol. The van der Waals surface area contributed by atoms with E-state index in [1.807, 2.05) is 6.07 Å². The van der Waals surface area contributed by atoms with Crippen LogP contribution in [0.15, 0.2) is 18.2 Å². The van der Waals surface area contributed by atoms with E-state index in [0.717, 1.165) is 24.9 Å². The maximum Gasteiger partial charge on any atom is 0.127 e. The highest BCUT2D eigenvalue weighted by molar-refractivity contribution is 6.30. The molecule has 0 aliphatic carbocycles. The van der Waals surface area contributed by atoms with Crippen molar-refractivity contribution in [2.45, 2.75) is 53.0 Å². The van der Waals surface area contributed by atoms with Crippen LogP contribution in [0, 0.1) is 17.7 Å². The maximum absolute atomic E-state index is 13.9. The van der Waals surface area contributed by atoms with Gasteiger partial charge in [0.05, 0.1) is 0 Å². The lowest BCUT2D eigenvalue weighted by Gasteiger charge is -2.26. The zero-order valence-electron chi connectivity index (χ0n) is 13.3. The van der Waals surface area contributed by atoms with Crippen molar-refractivity contribution in [3.8, 4) is 0 Å². The fourth-order valence-electron chi connectivity index (χ4n) is 2.35. The minimum absolute atomic E-state index is 0.0910. The Labute approximate surface area is 127 Å². The average Bonchev–Trinajstić information content (AvgIpc) is 2.28. The van der Waals surface area contributed by atoms with Crippen LogP contribution >= 0.6 is 11.6 Å². The normalized spacial score (nSPS) is 13.8. The maximum atomic E-state index is 13.9. The van der Waals surface area contributed by atoms with E-state index in [1.165, 1.54) is 6.07 Å². The summed E-state index contributed by atoms with van der Waals surface area (Å²) >= 11 is 5.81. The van der Waals surface area contributed by atoms with Crippen molar-refractivity contribution in [3.63, 3.8) is 0 Å². The quantitative estimate of drug-likeness (QED) is 0.773. The molecule has 3 heteroatoms. The Hall–Kier alpha value is -0.600. The lowest BCUT2D eigenvalue weighted by Crippen LogP contribution is -2.40. The summed E-state index contributed by atoms with van der Waals surface area (Å²) in [4.78, 5) is 0. The van der Waals surface area contributed by atoms with Gasteiger partial charge in [-0.15, -0.1) is 0 Å². The molecule has 1 atom stereocenters. The lowest BCUT2D eigenvalue weighted by molar-refractivity contribution is 0.329. The van der Waals surface area contributed by atoms with Crippen LogP contribution in [-0.4, -0.2) is 12.1 Å². The molecule has 20 heavy (non-hydrogen) atoms. The van der Waals surface area contributed by atoms with Gasteiger partial charge in [0.2, 0.25) is 0 Å². The minimum Gasteiger partial charge on any atom is -0.312 e. The predicted molar refractivity (Wildman–Crippen MR) is 85.8 cm³/mol. The summed E-state index contributed by atoms with van der Waals surface area (Å²) in [5.41, 5.74) is 0.851. The van der Waals surface area contributed by atoms with E-state index in [0.29, 0.717) is 16.9 Å². The molecule has 0 saturated heterocycles. The van der Waals surface area contributed by atoms with Crippen molar-refractivity contribution >= 4 is 11.6 Å². The van der Waals surface area contributed by atoms with Gasteiger partial charge >= 0.3 is 0 Å². The molecule has 0 aliphatic rings. The zero-order chi connectivity index (χ0) is 15.3. The molecular weight excluding hydrogens is 273 g/mol. The molecule has 1 rings (SSSR count). The molecule has 1 aromatic carbocycles. The van der Waals surface area contributed by atoms with Gasteiger partial charge in [-0.05, 0) is 69.7 Å². The highest BCUT2D eigenvalue weighted by Crippen LogP contribution is 2.21. The Balaban J connectivity index is 2.73. The number of rotatable bonds is 6. The Morgan fingerprint density at radius 1 is 1.25 bits per heavy atom. The summed E-state index contributed by atoms with van der Waals surface area (Å²) in [6, 6.07) is 4.98. The number of halogens is 2. The second kappa shape index (κ2) is 7.42. The summed E-state index contributed by atoms with van der Waals surface area (Å²) < 4.78 is 13.9. The minimum atomic E-state index is -0.193. The van der Waals surface area contributed by atoms with Crippen molar-refractivity contribution < 1.29 is 4.39 Å². The van der Waals surface area contributed by atoms with Gasteiger partial charge in [-0.2, -0.15) is 0 Å². The molecule has 1 unspecified atom stereocenters. The van der Waals surface area contributed by atoms with Gasteiger partial charge in [0.1, 0.15) is 5.82 Å². The molecule has 1 nitrogen and oxygen atoms in total. The first-order valence-electron chi connectivity index (χ1n) is 7.36. The van der Waals surface area contributed by atoms with Gasteiger partial charge in [-0.25, -0.2) is 4.39 Å². The van der Waals surface area contributed by atoms with Crippen molar-refractivity contribution in [3.05, 3.63) is 34.6 Å². The third kappa shape index (κ3) is 6.71. The van der Waals surface area contributed by atoms with E-state index in [2.05, 4.69) is 39.9 Å². The Morgan fingerprint density at radius 3 is 2.40 bits per heavy atom. The van der Waals surface area contributed by atoms with E-state index in [1.54, 1.807) is 6.07 Å². The van der Waals surface area contributed by atoms with Gasteiger partial charge in [0.15, 0.2) is 0 Å². The summed E-state index contributed by atoms with van der Waals surface area (Å²) in [6.45, 7) is 11.8. The Morgan fingerprint density at radius 2 is 1.90 bits per heavy atom. The van der Waals surface area contributed by atoms with Crippen molar-refractivity contribution in [1.82, 2.24) is 5.32 Å². The smallest absolute Gasteiger partial charge is 0.127 e. The second-order valence-electron chi connectivity index (χ2n) is 7.07. The Kier molecular flexibility index (Phi) is 6.47. The van der Waals surface area contributed by atoms with Gasteiger partial charge in [0, 0.05) is 10.6 Å². The molecular formula is C17H27ClFN. The van der Waals surface area contributed by atoms with Crippen molar-refractivity contribution in [2.24, 2.45) is 11.8 Å². The first-order chi connectivity index (χ1) is 9.17. The summed E-state index contributed by atoms with van der Waals surface area (Å²) in [6.07, 6.45) is 1.84. The fourth-order valence-corrected chi connectivity index (χ4v) is 2.51. The predicted octanol–water partition coefficient (Wildman–Crippen LogP) is 5.07. The second-order valence-corrected chi connectivity index (χ2v) is 7.50. The molecule has 0 spiro atoms. The molecule has 1 aromatic rings. The van der Waals surface area contributed by atoms with Gasteiger partial charge in [-0.1, -0.05) is 31.5 Å². The SMILES string of the molecule is CC(C)CC(CNC(C)(C)C)Cc1ccc(Cl)cc1F. The van der Waals surface area contributed by atoms with E-state index < -0.39 is 0 Å². The third-order valence-corrected chi connectivity index (χ3v) is 3.48. The monoisotopic (exact) mass is 299 g/mol. The number of hydrogen-bond donors (Lipinski definition) is 1. The highest BCUT2D eigenvalue weighted by atomic mass is 35.5. The van der Waals surface area contributed by atoms with Crippen LogP contribution in [0.25, 0.3) is 0 Å². The molecule has 1 N–H and O–H groups in total. The number of hydrogen-bond acceptors (Lipinski definition) is 1. The lowest BCUT2D eigenvalue weighted by atomic mass is 9.90. The van der Waals surface area contributed by atoms with E-state index in [-0.39, 0.29) is 11.4 Å². The summed E-state index contributed by atoms with van der Waals surface area (Å²) in [5.74, 6) is 0.851. The fraction of sp³-hybridized carbons (Fsp3) is 0.647. The Bertz CT molecular complexity index is 423. The van der Waals surface area contributed by atoms with E-state index in [4.69, 9.17) is 11.6 Å². The van der Waals surface area contributed by atoms with Crippen LogP contribution in [0.3, 0.4) is 0 Å².